The Morgan fingerprint density at radius 1 is 0.307 bits per heavy atom. The summed E-state index contributed by atoms with van der Waals surface area (Å²) in [5.74, 6) is -2.35. The molecule has 2 unspecified atom stereocenters. The van der Waals surface area contributed by atoms with E-state index in [2.05, 4.69) is 196 Å². The van der Waals surface area contributed by atoms with E-state index in [1.807, 2.05) is 21.1 Å². The number of carbonyl (C=O) groups is 3. The van der Waals surface area contributed by atoms with E-state index in [0.717, 1.165) is 122 Å². The molecule has 9 nitrogen and oxygen atoms in total. The van der Waals surface area contributed by atoms with E-state index in [0.29, 0.717) is 17.4 Å². The summed E-state index contributed by atoms with van der Waals surface area (Å²) in [6.07, 6.45) is 119. The number of likely N-dealkylation sites (N-methyl/N-ethyl adjacent to an activating group) is 1. The van der Waals surface area contributed by atoms with Gasteiger partial charge in [0.25, 0.3) is 0 Å². The van der Waals surface area contributed by atoms with Crippen LogP contribution in [-0.2, 0) is 33.3 Å². The smallest absolute Gasteiger partial charge is 0.306 e. The van der Waals surface area contributed by atoms with Gasteiger partial charge in [0.1, 0.15) is 13.2 Å². The highest BCUT2D eigenvalue weighted by Crippen LogP contribution is 2.17. The van der Waals surface area contributed by atoms with Crippen molar-refractivity contribution < 1.29 is 42.9 Å². The van der Waals surface area contributed by atoms with E-state index in [4.69, 9.17) is 18.9 Å². The van der Waals surface area contributed by atoms with Crippen molar-refractivity contribution in [1.82, 2.24) is 0 Å². The van der Waals surface area contributed by atoms with Crippen LogP contribution in [0.15, 0.2) is 182 Å². The van der Waals surface area contributed by atoms with Gasteiger partial charge in [0.05, 0.1) is 40.3 Å². The highest BCUT2D eigenvalue weighted by atomic mass is 16.7. The Hall–Kier alpha value is -5.61. The molecule has 572 valence electrons. The lowest BCUT2D eigenvalue weighted by Gasteiger charge is -2.26. The molecule has 0 aromatic carbocycles. The van der Waals surface area contributed by atoms with Gasteiger partial charge in [0, 0.05) is 12.8 Å². The maximum absolute atomic E-state index is 13.0. The SMILES string of the molecule is CC/C=C\C/C=C\C/C=C\C/C=C\C/C=C\C/C=C\C/C=C\C/C=C\C/C=C\C/C=C\C/C=C\C/C=C\CCCCC(=O)OC(COC(=O)CCCCCCCCCCCCCCCCCCCCCCCC/C=C\C/C=C\C/C=C\CCCCCCC)COC(OCC[N+](C)(C)C)C(=O)[O-]. The molecule has 0 heterocycles. The summed E-state index contributed by atoms with van der Waals surface area (Å²) in [6, 6.07) is 0. The minimum Gasteiger partial charge on any atom is -0.545 e. The van der Waals surface area contributed by atoms with Crippen molar-refractivity contribution in [2.75, 3.05) is 47.5 Å². The molecule has 0 N–H and O–H groups in total. The summed E-state index contributed by atoms with van der Waals surface area (Å²) in [7, 11) is 5.91. The van der Waals surface area contributed by atoms with Crippen LogP contribution in [0.25, 0.3) is 0 Å². The molecule has 9 heteroatoms. The Balaban J connectivity index is 4.15. The van der Waals surface area contributed by atoms with Crippen LogP contribution in [0.5, 0.6) is 0 Å². The fourth-order valence-corrected chi connectivity index (χ4v) is 10.9. The standard InChI is InChI=1S/C92H151NO8/c1-6-8-10-12-14-16-18-20-22-24-26-28-30-32-34-36-38-40-42-44-45-47-49-51-53-55-57-59-61-63-65-67-69-71-73-75-77-79-81-83-90(95)101-88(87-100-92(91(96)97)98-85-84-93(3,4)5)86-99-89(94)82-80-78-76-74-72-70-68-66-64-62-60-58-56-54-52-50-48-46-43-41-39-37-35-33-31-29-27-25-23-21-19-17-15-13-11-9-7-2/h8,10,14,16,19-22,25-28,31-34,38,40,44-45,49,51,55,57,61,63,67,69,73,75,88,92H,6-7,9,11-13,15,17-18,23-24,29-30,35-37,39,41-43,46-48,50,52-54,56,58-60,62,64-66,68,70-72,74,76-87H2,1-5H3/b10-8-,16-14-,21-19-,22-20-,27-25-,28-26-,33-31-,34-32-,40-38-,45-44-,51-49-,57-55-,63-61-,69-67-,75-73-. The highest BCUT2D eigenvalue weighted by Gasteiger charge is 2.22. The van der Waals surface area contributed by atoms with Crippen LogP contribution < -0.4 is 5.11 Å². The number of carbonyl (C=O) groups excluding carboxylic acids is 3. The van der Waals surface area contributed by atoms with Crippen LogP contribution in [-0.4, -0.2) is 82.3 Å². The second kappa shape index (κ2) is 80.1. The normalized spacial score (nSPS) is 13.6. The number of carboxylic acids is 1. The molecule has 0 aliphatic heterocycles. The molecule has 0 fully saturated rings. The predicted octanol–water partition coefficient (Wildman–Crippen LogP) is 25.4. The first kappa shape index (κ1) is 95.4. The van der Waals surface area contributed by atoms with Gasteiger partial charge < -0.3 is 33.3 Å². The van der Waals surface area contributed by atoms with Gasteiger partial charge in [0.2, 0.25) is 0 Å². The highest BCUT2D eigenvalue weighted by molar-refractivity contribution is 5.70. The number of rotatable bonds is 74. The number of esters is 2. The summed E-state index contributed by atoms with van der Waals surface area (Å²) in [5.41, 5.74) is 0. The van der Waals surface area contributed by atoms with Gasteiger partial charge in [-0.1, -0.05) is 350 Å². The van der Waals surface area contributed by atoms with Crippen molar-refractivity contribution in [3.8, 4) is 0 Å². The van der Waals surface area contributed by atoms with Gasteiger partial charge in [-0.05, 0) is 141 Å². The minimum absolute atomic E-state index is 0.131. The van der Waals surface area contributed by atoms with E-state index in [9.17, 15) is 19.5 Å². The maximum atomic E-state index is 13.0. The average molecular weight is 1400 g/mol. The van der Waals surface area contributed by atoms with E-state index < -0.39 is 24.3 Å². The van der Waals surface area contributed by atoms with Crippen LogP contribution in [0.4, 0.5) is 0 Å². The minimum atomic E-state index is -1.65. The topological polar surface area (TPSA) is 111 Å². The van der Waals surface area contributed by atoms with Crippen molar-refractivity contribution in [2.24, 2.45) is 0 Å². The fourth-order valence-electron chi connectivity index (χ4n) is 10.9. The van der Waals surface area contributed by atoms with Crippen LogP contribution in [0.2, 0.25) is 0 Å². The van der Waals surface area contributed by atoms with E-state index in [-0.39, 0.29) is 38.6 Å². The third-order valence-electron chi connectivity index (χ3n) is 17.1. The molecule has 0 aliphatic carbocycles. The number of hydrogen-bond acceptors (Lipinski definition) is 8. The van der Waals surface area contributed by atoms with Crippen molar-refractivity contribution in [2.45, 2.75) is 334 Å². The van der Waals surface area contributed by atoms with E-state index >= 15 is 0 Å². The first-order valence-corrected chi connectivity index (χ1v) is 40.9. The third kappa shape index (κ3) is 81.6. The number of allylic oxidation sites excluding steroid dienone is 30. The second-order valence-electron chi connectivity index (χ2n) is 28.0. The largest absolute Gasteiger partial charge is 0.545 e. The third-order valence-corrected chi connectivity index (χ3v) is 17.1. The number of hydrogen-bond donors (Lipinski definition) is 0. The molecular weight excluding hydrogens is 1250 g/mol. The van der Waals surface area contributed by atoms with Crippen LogP contribution in [0, 0.1) is 0 Å². The van der Waals surface area contributed by atoms with E-state index in [1.165, 1.54) is 167 Å². The van der Waals surface area contributed by atoms with Crippen LogP contribution in [0.1, 0.15) is 322 Å². The summed E-state index contributed by atoms with van der Waals surface area (Å²) >= 11 is 0. The molecule has 0 amide bonds. The predicted molar refractivity (Wildman–Crippen MR) is 435 cm³/mol. The van der Waals surface area contributed by atoms with Crippen LogP contribution in [0.3, 0.4) is 0 Å². The zero-order chi connectivity index (χ0) is 73.2. The average Bonchev–Trinajstić information content (AvgIpc) is 1.21. The maximum Gasteiger partial charge on any atom is 0.306 e. The molecule has 0 bridgehead atoms. The van der Waals surface area contributed by atoms with Crippen molar-refractivity contribution in [3.63, 3.8) is 0 Å². The first-order chi connectivity index (χ1) is 49.6. The van der Waals surface area contributed by atoms with Crippen LogP contribution >= 0.6 is 0 Å². The van der Waals surface area contributed by atoms with Crippen molar-refractivity contribution in [3.05, 3.63) is 182 Å². The first-order valence-electron chi connectivity index (χ1n) is 40.9. The second-order valence-corrected chi connectivity index (χ2v) is 28.0. The lowest BCUT2D eigenvalue weighted by Crippen LogP contribution is -2.44. The Morgan fingerprint density at radius 3 is 0.861 bits per heavy atom. The number of ether oxygens (including phenoxy) is 4. The summed E-state index contributed by atoms with van der Waals surface area (Å²) < 4.78 is 22.8. The number of carboxylic acid groups (broad SMARTS) is 1. The summed E-state index contributed by atoms with van der Waals surface area (Å²) in [5, 5.41) is 11.9. The van der Waals surface area contributed by atoms with Crippen molar-refractivity contribution in [1.29, 1.82) is 0 Å². The molecule has 0 saturated heterocycles. The van der Waals surface area contributed by atoms with Gasteiger partial charge >= 0.3 is 11.9 Å². The molecule has 0 saturated carbocycles. The molecule has 2 atom stereocenters. The Kier molecular flexibility index (Phi) is 75.6. The Labute approximate surface area is 621 Å². The zero-order valence-corrected chi connectivity index (χ0v) is 65.5. The Morgan fingerprint density at radius 2 is 0.564 bits per heavy atom. The molecule has 101 heavy (non-hydrogen) atoms. The number of nitrogens with zero attached hydrogens (tertiary/aromatic N) is 1. The van der Waals surface area contributed by atoms with Crippen molar-refractivity contribution >= 4 is 17.9 Å². The number of unbranched alkanes of at least 4 members (excludes halogenated alkanes) is 29. The monoisotopic (exact) mass is 1400 g/mol. The molecule has 0 spiro atoms. The summed E-state index contributed by atoms with van der Waals surface area (Å²) in [4.78, 5) is 37.6. The molecule has 0 radical (unpaired) electrons. The molecule has 0 aromatic rings. The number of aliphatic carboxylic acids is 1. The molecule has 0 aliphatic rings. The molecular formula is C92H151NO8. The van der Waals surface area contributed by atoms with Gasteiger partial charge in [-0.15, -0.1) is 0 Å². The zero-order valence-electron chi connectivity index (χ0n) is 65.5. The quantitative estimate of drug-likeness (QED) is 0.0195. The fraction of sp³-hybridized carbons (Fsp3) is 0.641. The van der Waals surface area contributed by atoms with Gasteiger partial charge in [-0.25, -0.2) is 0 Å². The Bertz CT molecular complexity index is 2330. The molecule has 0 aromatic heterocycles. The lowest BCUT2D eigenvalue weighted by atomic mass is 10.0. The molecule has 0 rings (SSSR count). The van der Waals surface area contributed by atoms with E-state index in [1.54, 1.807) is 0 Å². The summed E-state index contributed by atoms with van der Waals surface area (Å²) in [6.45, 7) is 4.58. The van der Waals surface area contributed by atoms with Gasteiger partial charge in [0.15, 0.2) is 12.4 Å². The number of quaternary nitrogens is 1. The van der Waals surface area contributed by atoms with Gasteiger partial charge in [-0.3, -0.25) is 9.59 Å². The van der Waals surface area contributed by atoms with Gasteiger partial charge in [-0.2, -0.15) is 0 Å². The lowest BCUT2D eigenvalue weighted by molar-refractivity contribution is -0.870.